The molecule has 0 saturated carbocycles. The zero-order valence-electron chi connectivity index (χ0n) is 17.2. The molecule has 2 saturated heterocycles. The number of hydrogen-bond acceptors (Lipinski definition) is 5. The Bertz CT molecular complexity index is 1180. The molecule has 2 aliphatic rings. The molecule has 0 unspecified atom stereocenters. The zero-order chi connectivity index (χ0) is 23.1. The van der Waals surface area contributed by atoms with Gasteiger partial charge in [-0.3, -0.25) is 9.69 Å². The van der Waals surface area contributed by atoms with Gasteiger partial charge in [0.05, 0.1) is 24.7 Å². The summed E-state index contributed by atoms with van der Waals surface area (Å²) in [4.78, 5) is 26.6. The third kappa shape index (κ3) is 3.87. The number of nitrogens with zero attached hydrogens (tertiary/aromatic N) is 2. The maximum atomic E-state index is 13.7. The SMILES string of the molecule is C[C@]1(c2ccc(F)c(F)c2)NC(=O)N(Cc2cccc(S(=O)(=O)N3CCOCC3)c2)C1=O. The Kier molecular flexibility index (Phi) is 5.74. The van der Waals surface area contributed by atoms with Crippen molar-refractivity contribution in [1.29, 1.82) is 0 Å². The molecule has 32 heavy (non-hydrogen) atoms. The lowest BCUT2D eigenvalue weighted by molar-refractivity contribution is -0.131. The van der Waals surface area contributed by atoms with Crippen LogP contribution in [0.25, 0.3) is 0 Å². The molecule has 2 aromatic rings. The molecular weight excluding hydrogens is 444 g/mol. The number of hydrogen-bond donors (Lipinski definition) is 1. The zero-order valence-corrected chi connectivity index (χ0v) is 18.0. The van der Waals surface area contributed by atoms with Crippen LogP contribution < -0.4 is 5.32 Å². The van der Waals surface area contributed by atoms with Crippen molar-refractivity contribution in [1.82, 2.24) is 14.5 Å². The van der Waals surface area contributed by atoms with Crippen molar-refractivity contribution in [3.05, 3.63) is 65.2 Å². The molecule has 0 bridgehead atoms. The number of carbonyl (C=O) groups excluding carboxylic acids is 2. The van der Waals surface area contributed by atoms with E-state index in [1.807, 2.05) is 0 Å². The number of rotatable bonds is 5. The fourth-order valence-electron chi connectivity index (χ4n) is 3.77. The van der Waals surface area contributed by atoms with Gasteiger partial charge in [0, 0.05) is 13.1 Å². The fourth-order valence-corrected chi connectivity index (χ4v) is 5.25. The minimum absolute atomic E-state index is 0.0484. The van der Waals surface area contributed by atoms with Crippen LogP contribution in [0.5, 0.6) is 0 Å². The first kappa shape index (κ1) is 22.3. The molecule has 1 N–H and O–H groups in total. The highest BCUT2D eigenvalue weighted by molar-refractivity contribution is 7.89. The van der Waals surface area contributed by atoms with Crippen molar-refractivity contribution in [2.45, 2.75) is 23.9 Å². The summed E-state index contributed by atoms with van der Waals surface area (Å²) in [6, 6.07) is 8.27. The van der Waals surface area contributed by atoms with E-state index < -0.39 is 39.1 Å². The molecule has 11 heteroatoms. The van der Waals surface area contributed by atoms with Crippen LogP contribution in [0.2, 0.25) is 0 Å². The summed E-state index contributed by atoms with van der Waals surface area (Å²) >= 11 is 0. The Morgan fingerprint density at radius 3 is 2.47 bits per heavy atom. The fraction of sp³-hybridized carbons (Fsp3) is 0.333. The molecule has 0 aromatic heterocycles. The number of ether oxygens (including phenoxy) is 1. The van der Waals surface area contributed by atoms with Gasteiger partial charge in [0.15, 0.2) is 11.6 Å². The van der Waals surface area contributed by atoms with E-state index in [1.54, 1.807) is 6.07 Å². The normalized spacial score (nSPS) is 22.3. The highest BCUT2D eigenvalue weighted by Crippen LogP contribution is 2.31. The molecule has 2 fully saturated rings. The number of urea groups is 1. The van der Waals surface area contributed by atoms with E-state index in [-0.39, 0.29) is 30.1 Å². The van der Waals surface area contributed by atoms with Crippen LogP contribution >= 0.6 is 0 Å². The van der Waals surface area contributed by atoms with Crippen molar-refractivity contribution in [2.24, 2.45) is 0 Å². The number of morpholine rings is 1. The molecule has 0 aliphatic carbocycles. The summed E-state index contributed by atoms with van der Waals surface area (Å²) in [5.74, 6) is -2.86. The van der Waals surface area contributed by atoms with Gasteiger partial charge >= 0.3 is 6.03 Å². The van der Waals surface area contributed by atoms with Gasteiger partial charge in [-0.1, -0.05) is 18.2 Å². The highest BCUT2D eigenvalue weighted by Gasteiger charge is 2.49. The van der Waals surface area contributed by atoms with Gasteiger partial charge in [0.1, 0.15) is 5.54 Å². The second-order valence-corrected chi connectivity index (χ2v) is 9.68. The van der Waals surface area contributed by atoms with E-state index in [9.17, 15) is 26.8 Å². The van der Waals surface area contributed by atoms with Gasteiger partial charge in [-0.15, -0.1) is 0 Å². The second kappa shape index (κ2) is 8.23. The first-order valence-corrected chi connectivity index (χ1v) is 11.3. The molecule has 4 rings (SSSR count). The monoisotopic (exact) mass is 465 g/mol. The summed E-state index contributed by atoms with van der Waals surface area (Å²) in [7, 11) is -3.75. The Labute approximate surface area is 183 Å². The molecule has 170 valence electrons. The van der Waals surface area contributed by atoms with E-state index in [0.29, 0.717) is 18.8 Å². The van der Waals surface area contributed by atoms with E-state index >= 15 is 0 Å². The molecule has 2 aliphatic heterocycles. The highest BCUT2D eigenvalue weighted by atomic mass is 32.2. The van der Waals surface area contributed by atoms with E-state index in [0.717, 1.165) is 17.0 Å². The van der Waals surface area contributed by atoms with Gasteiger partial charge in [0.2, 0.25) is 10.0 Å². The van der Waals surface area contributed by atoms with Gasteiger partial charge in [0.25, 0.3) is 5.91 Å². The molecule has 0 radical (unpaired) electrons. The predicted molar refractivity (Wildman–Crippen MR) is 109 cm³/mol. The van der Waals surface area contributed by atoms with E-state index in [4.69, 9.17) is 4.74 Å². The number of carbonyl (C=O) groups is 2. The summed E-state index contributed by atoms with van der Waals surface area (Å²) in [6.07, 6.45) is 0. The maximum Gasteiger partial charge on any atom is 0.325 e. The van der Waals surface area contributed by atoms with Crippen LogP contribution in [-0.4, -0.2) is 55.9 Å². The number of imide groups is 1. The molecular formula is C21H21F2N3O5S. The number of halogens is 2. The molecule has 2 aromatic carbocycles. The van der Waals surface area contributed by atoms with Crippen molar-refractivity contribution in [3.63, 3.8) is 0 Å². The number of nitrogens with one attached hydrogen (secondary N) is 1. The minimum atomic E-state index is -3.75. The Balaban J connectivity index is 1.58. The number of sulfonamides is 1. The topological polar surface area (TPSA) is 96.0 Å². The minimum Gasteiger partial charge on any atom is -0.379 e. The number of amides is 3. The largest absolute Gasteiger partial charge is 0.379 e. The molecule has 2 heterocycles. The summed E-state index contributed by atoms with van der Waals surface area (Å²) in [5, 5.41) is 2.52. The lowest BCUT2D eigenvalue weighted by Gasteiger charge is -2.26. The first-order chi connectivity index (χ1) is 15.1. The lowest BCUT2D eigenvalue weighted by atomic mass is 9.92. The van der Waals surface area contributed by atoms with Crippen molar-refractivity contribution in [2.75, 3.05) is 26.3 Å². The van der Waals surface area contributed by atoms with Gasteiger partial charge in [-0.2, -0.15) is 4.31 Å². The van der Waals surface area contributed by atoms with E-state index in [1.165, 1.54) is 35.5 Å². The summed E-state index contributed by atoms with van der Waals surface area (Å²) in [6.45, 7) is 2.32. The quantitative estimate of drug-likeness (QED) is 0.681. The molecule has 1 atom stereocenters. The molecule has 0 spiro atoms. The number of benzene rings is 2. The van der Waals surface area contributed by atoms with Gasteiger partial charge in [-0.05, 0) is 42.3 Å². The average Bonchev–Trinajstić information content (AvgIpc) is 3.00. The van der Waals surface area contributed by atoms with Gasteiger partial charge in [-0.25, -0.2) is 22.0 Å². The van der Waals surface area contributed by atoms with Gasteiger partial charge < -0.3 is 10.1 Å². The van der Waals surface area contributed by atoms with Crippen molar-refractivity contribution < 1.29 is 31.5 Å². The van der Waals surface area contributed by atoms with Crippen molar-refractivity contribution >= 4 is 22.0 Å². The molecule has 8 nitrogen and oxygen atoms in total. The van der Waals surface area contributed by atoms with Crippen LogP contribution in [0.3, 0.4) is 0 Å². The van der Waals surface area contributed by atoms with Crippen LogP contribution in [0.1, 0.15) is 18.1 Å². The average molecular weight is 465 g/mol. The summed E-state index contributed by atoms with van der Waals surface area (Å²) in [5.41, 5.74) is -1.05. The Morgan fingerprint density at radius 1 is 1.06 bits per heavy atom. The van der Waals surface area contributed by atoms with Crippen LogP contribution in [0.4, 0.5) is 13.6 Å². The first-order valence-electron chi connectivity index (χ1n) is 9.89. The Hall–Kier alpha value is -2.89. The summed E-state index contributed by atoms with van der Waals surface area (Å²) < 4.78 is 59.3. The Morgan fingerprint density at radius 2 is 1.78 bits per heavy atom. The molecule has 3 amide bonds. The standard InChI is InChI=1S/C21H21F2N3O5S/c1-21(15-5-6-17(22)18(23)12-15)19(27)26(20(28)24-21)13-14-3-2-4-16(11-14)32(29,30)25-7-9-31-10-8-25/h2-6,11-12H,7-10,13H2,1H3,(H,24,28)/t21-/m1/s1. The lowest BCUT2D eigenvalue weighted by Crippen LogP contribution is -2.41. The van der Waals surface area contributed by atoms with Crippen LogP contribution in [0.15, 0.2) is 47.4 Å². The van der Waals surface area contributed by atoms with Crippen LogP contribution in [0, 0.1) is 11.6 Å². The third-order valence-corrected chi connectivity index (χ3v) is 7.51. The second-order valence-electron chi connectivity index (χ2n) is 7.74. The van der Waals surface area contributed by atoms with Crippen molar-refractivity contribution in [3.8, 4) is 0 Å². The third-order valence-electron chi connectivity index (χ3n) is 5.62. The predicted octanol–water partition coefficient (Wildman–Crippen LogP) is 1.95. The maximum absolute atomic E-state index is 13.7. The van der Waals surface area contributed by atoms with E-state index in [2.05, 4.69) is 5.32 Å². The smallest absolute Gasteiger partial charge is 0.325 e. The van der Waals surface area contributed by atoms with Crippen LogP contribution in [-0.2, 0) is 31.6 Å².